The fraction of sp³-hybridized carbons (Fsp3) is 0.118. The van der Waals surface area contributed by atoms with Gasteiger partial charge in [-0.05, 0) is 95.7 Å². The smallest absolute Gasteiger partial charge is 0.264 e. The van der Waals surface area contributed by atoms with Gasteiger partial charge in [0.2, 0.25) is 0 Å². The van der Waals surface area contributed by atoms with Gasteiger partial charge >= 0.3 is 0 Å². The second kappa shape index (κ2) is 13.6. The number of ether oxygens (including phenoxy) is 1. The molecule has 0 aromatic heterocycles. The Balaban J connectivity index is 1.22. The van der Waals surface area contributed by atoms with Crippen LogP contribution in [0.15, 0.2) is 130 Å². The molecule has 0 fully saturated rings. The van der Waals surface area contributed by atoms with E-state index in [1.807, 2.05) is 55.6 Å². The minimum Gasteiger partial charge on any atom is -0.489 e. The lowest BCUT2D eigenvalue weighted by atomic mass is 10.1. The third kappa shape index (κ3) is 7.43. The zero-order valence-corrected chi connectivity index (χ0v) is 25.4. The number of amides is 1. The standard InChI is InChI=1S/C34H31N3O4S2/c1-25-10-14-29(15-11-25)37(43(39,40)32-20-18-31(42-2)19-21-32)23-34(38)36-35-22-26-12-16-30(17-13-26)41-24-28-8-5-7-27-6-3-4-9-33(27)28/h3-22H,23-24H2,1-2H3,(H,36,38)/b35-22-. The van der Waals surface area contributed by atoms with Crippen molar-refractivity contribution >= 4 is 50.4 Å². The highest BCUT2D eigenvalue weighted by Gasteiger charge is 2.27. The van der Waals surface area contributed by atoms with Crippen molar-refractivity contribution in [3.8, 4) is 5.75 Å². The van der Waals surface area contributed by atoms with Crippen LogP contribution in [0.5, 0.6) is 5.75 Å². The van der Waals surface area contributed by atoms with Gasteiger partial charge < -0.3 is 4.74 Å². The molecule has 0 atom stereocenters. The fourth-order valence-electron chi connectivity index (χ4n) is 4.48. The quantitative estimate of drug-likeness (QED) is 0.101. The van der Waals surface area contributed by atoms with Crippen molar-refractivity contribution in [1.82, 2.24) is 5.43 Å². The van der Waals surface area contributed by atoms with E-state index in [1.54, 1.807) is 48.5 Å². The van der Waals surface area contributed by atoms with Crippen LogP contribution in [-0.2, 0) is 21.4 Å². The fourth-order valence-corrected chi connectivity index (χ4v) is 6.30. The van der Waals surface area contributed by atoms with Gasteiger partial charge in [0.25, 0.3) is 15.9 Å². The first-order valence-electron chi connectivity index (χ1n) is 13.6. The van der Waals surface area contributed by atoms with Gasteiger partial charge in [-0.25, -0.2) is 13.8 Å². The number of anilines is 1. The van der Waals surface area contributed by atoms with Crippen LogP contribution in [0.1, 0.15) is 16.7 Å². The van der Waals surface area contributed by atoms with Gasteiger partial charge in [-0.3, -0.25) is 9.10 Å². The second-order valence-electron chi connectivity index (χ2n) is 9.81. The number of fused-ring (bicyclic) bond motifs is 1. The van der Waals surface area contributed by atoms with E-state index in [1.165, 1.54) is 23.4 Å². The number of carbonyl (C=O) groups excluding carboxylic acids is 1. The Morgan fingerprint density at radius 1 is 0.884 bits per heavy atom. The molecular weight excluding hydrogens is 579 g/mol. The zero-order chi connectivity index (χ0) is 30.2. The van der Waals surface area contributed by atoms with Crippen LogP contribution in [0.2, 0.25) is 0 Å². The summed E-state index contributed by atoms with van der Waals surface area (Å²) in [5.74, 6) is 0.134. The van der Waals surface area contributed by atoms with Crippen LogP contribution < -0.4 is 14.5 Å². The van der Waals surface area contributed by atoms with E-state index in [4.69, 9.17) is 4.74 Å². The van der Waals surface area contributed by atoms with Crippen LogP contribution in [0.3, 0.4) is 0 Å². The lowest BCUT2D eigenvalue weighted by Gasteiger charge is -2.24. The van der Waals surface area contributed by atoms with Crippen LogP contribution in [0.4, 0.5) is 5.69 Å². The van der Waals surface area contributed by atoms with Crippen molar-refractivity contribution in [3.63, 3.8) is 0 Å². The molecule has 0 saturated heterocycles. The molecule has 1 N–H and O–H groups in total. The van der Waals surface area contributed by atoms with E-state index < -0.39 is 22.5 Å². The summed E-state index contributed by atoms with van der Waals surface area (Å²) >= 11 is 1.52. The van der Waals surface area contributed by atoms with Gasteiger partial charge in [0.1, 0.15) is 18.9 Å². The summed E-state index contributed by atoms with van der Waals surface area (Å²) in [6.45, 7) is 1.91. The summed E-state index contributed by atoms with van der Waals surface area (Å²) in [6.07, 6.45) is 3.42. The SMILES string of the molecule is CSc1ccc(S(=O)(=O)N(CC(=O)N/N=C\c2ccc(OCc3cccc4ccccc34)cc2)c2ccc(C)cc2)cc1. The van der Waals surface area contributed by atoms with E-state index in [0.29, 0.717) is 18.0 Å². The van der Waals surface area contributed by atoms with Gasteiger partial charge in [-0.15, -0.1) is 11.8 Å². The maximum Gasteiger partial charge on any atom is 0.264 e. The summed E-state index contributed by atoms with van der Waals surface area (Å²) in [5.41, 5.74) is 5.66. The molecule has 9 heteroatoms. The van der Waals surface area contributed by atoms with Gasteiger partial charge in [0.05, 0.1) is 16.8 Å². The molecule has 0 bridgehead atoms. The van der Waals surface area contributed by atoms with Crippen molar-refractivity contribution in [3.05, 3.63) is 132 Å². The van der Waals surface area contributed by atoms with Crippen LogP contribution in [-0.4, -0.2) is 33.3 Å². The number of sulfonamides is 1. The number of aryl methyl sites for hydroxylation is 1. The number of benzene rings is 5. The van der Waals surface area contributed by atoms with E-state index >= 15 is 0 Å². The van der Waals surface area contributed by atoms with Crippen molar-refractivity contribution in [2.45, 2.75) is 23.3 Å². The highest BCUT2D eigenvalue weighted by Crippen LogP contribution is 2.26. The molecular formula is C34H31N3O4S2. The Kier molecular flexibility index (Phi) is 9.44. The van der Waals surface area contributed by atoms with Crippen molar-refractivity contribution in [2.75, 3.05) is 17.1 Å². The highest BCUT2D eigenvalue weighted by atomic mass is 32.2. The van der Waals surface area contributed by atoms with Gasteiger partial charge in [0, 0.05) is 4.90 Å². The lowest BCUT2D eigenvalue weighted by molar-refractivity contribution is -0.119. The van der Waals surface area contributed by atoms with Crippen molar-refractivity contribution < 1.29 is 17.9 Å². The topological polar surface area (TPSA) is 88.1 Å². The average molecular weight is 610 g/mol. The van der Waals surface area contributed by atoms with E-state index in [9.17, 15) is 13.2 Å². The molecule has 0 unspecified atom stereocenters. The Hall–Kier alpha value is -4.60. The van der Waals surface area contributed by atoms with Crippen molar-refractivity contribution in [1.29, 1.82) is 0 Å². The summed E-state index contributed by atoms with van der Waals surface area (Å²) in [6, 6.07) is 35.2. The molecule has 0 radical (unpaired) electrons. The molecule has 7 nitrogen and oxygen atoms in total. The summed E-state index contributed by atoms with van der Waals surface area (Å²) < 4.78 is 34.2. The average Bonchev–Trinajstić information content (AvgIpc) is 3.03. The van der Waals surface area contributed by atoms with Crippen LogP contribution >= 0.6 is 11.8 Å². The van der Waals surface area contributed by atoms with E-state index in [0.717, 1.165) is 31.3 Å². The van der Waals surface area contributed by atoms with Crippen molar-refractivity contribution in [2.24, 2.45) is 5.10 Å². The predicted molar refractivity (Wildman–Crippen MR) is 174 cm³/mol. The monoisotopic (exact) mass is 609 g/mol. The summed E-state index contributed by atoms with van der Waals surface area (Å²) in [4.78, 5) is 13.9. The normalized spacial score (nSPS) is 11.5. The van der Waals surface area contributed by atoms with Gasteiger partial charge in [-0.1, -0.05) is 60.2 Å². The molecule has 0 aliphatic carbocycles. The maximum absolute atomic E-state index is 13.6. The number of rotatable bonds is 11. The molecule has 0 aliphatic rings. The highest BCUT2D eigenvalue weighted by molar-refractivity contribution is 7.98. The molecule has 0 spiro atoms. The molecule has 0 aliphatic heterocycles. The number of thioether (sulfide) groups is 1. The van der Waals surface area contributed by atoms with Gasteiger partial charge in [-0.2, -0.15) is 5.10 Å². The largest absolute Gasteiger partial charge is 0.489 e. The molecule has 0 heterocycles. The molecule has 5 aromatic carbocycles. The number of hydrogen-bond donors (Lipinski definition) is 1. The molecule has 5 rings (SSSR count). The first-order valence-corrected chi connectivity index (χ1v) is 16.2. The Labute approximate surface area is 256 Å². The number of carbonyl (C=O) groups is 1. The number of nitrogens with zero attached hydrogens (tertiary/aromatic N) is 2. The molecule has 1 amide bonds. The predicted octanol–water partition coefficient (Wildman–Crippen LogP) is 6.79. The molecule has 5 aromatic rings. The zero-order valence-electron chi connectivity index (χ0n) is 23.8. The minimum absolute atomic E-state index is 0.102. The van der Waals surface area contributed by atoms with Gasteiger partial charge in [0.15, 0.2) is 0 Å². The molecule has 43 heavy (non-hydrogen) atoms. The summed E-state index contributed by atoms with van der Waals surface area (Å²) in [5, 5.41) is 6.37. The lowest BCUT2D eigenvalue weighted by Crippen LogP contribution is -2.39. The maximum atomic E-state index is 13.6. The Morgan fingerprint density at radius 2 is 1.58 bits per heavy atom. The minimum atomic E-state index is -4.01. The Bertz CT molecular complexity index is 1830. The molecule has 0 saturated carbocycles. The third-order valence-electron chi connectivity index (χ3n) is 6.81. The van der Waals surface area contributed by atoms with E-state index in [-0.39, 0.29) is 4.90 Å². The third-order valence-corrected chi connectivity index (χ3v) is 9.35. The first kappa shape index (κ1) is 29.9. The first-order chi connectivity index (χ1) is 20.8. The molecule has 218 valence electrons. The Morgan fingerprint density at radius 3 is 2.30 bits per heavy atom. The second-order valence-corrected chi connectivity index (χ2v) is 12.6. The van der Waals surface area contributed by atoms with Crippen LogP contribution in [0, 0.1) is 6.92 Å². The number of nitrogens with one attached hydrogen (secondary N) is 1. The number of hydrogen-bond acceptors (Lipinski definition) is 6. The number of hydrazone groups is 1. The van der Waals surface area contributed by atoms with Crippen LogP contribution in [0.25, 0.3) is 10.8 Å². The summed E-state index contributed by atoms with van der Waals surface area (Å²) in [7, 11) is -4.01. The van der Waals surface area contributed by atoms with E-state index in [2.05, 4.69) is 34.8 Å².